The zero-order valence-corrected chi connectivity index (χ0v) is 11.3. The minimum absolute atomic E-state index is 0.121. The van der Waals surface area contributed by atoms with Crippen LogP contribution in [-0.2, 0) is 0 Å². The lowest BCUT2D eigenvalue weighted by molar-refractivity contribution is 0.104. The Morgan fingerprint density at radius 3 is 2.45 bits per heavy atom. The Hall–Kier alpha value is -2.53. The Kier molecular flexibility index (Phi) is 3.26. The molecular formula is C15H11N3OS. The molecule has 0 aliphatic carbocycles. The molecule has 0 unspecified atom stereocenters. The lowest BCUT2D eigenvalue weighted by atomic mass is 10.1. The molecule has 3 aromatic rings. The van der Waals surface area contributed by atoms with Crippen LogP contribution in [0.5, 0.6) is 0 Å². The van der Waals surface area contributed by atoms with Crippen LogP contribution in [0.1, 0.15) is 15.2 Å². The Bertz CT molecular complexity index is 738. The molecule has 5 heteroatoms. The summed E-state index contributed by atoms with van der Waals surface area (Å²) < 4.78 is 0. The lowest BCUT2D eigenvalue weighted by Gasteiger charge is -1.97. The molecule has 0 aliphatic heterocycles. The highest BCUT2D eigenvalue weighted by Gasteiger charge is 2.18. The smallest absolute Gasteiger partial charge is 0.206 e. The number of benzene rings is 1. The number of carbonyl (C=O) groups excluding carboxylic acids is 1. The SMILES string of the molecule is Nc1nc(-c2ccccc2)sc1C(=O)c1ccncc1. The molecule has 0 bridgehead atoms. The molecule has 20 heavy (non-hydrogen) atoms. The molecule has 0 fully saturated rings. The van der Waals surface area contributed by atoms with E-state index in [1.165, 1.54) is 11.3 Å². The van der Waals surface area contributed by atoms with Gasteiger partial charge in [0.2, 0.25) is 5.78 Å². The zero-order valence-electron chi connectivity index (χ0n) is 10.5. The van der Waals surface area contributed by atoms with Gasteiger partial charge in [0.05, 0.1) is 0 Å². The van der Waals surface area contributed by atoms with Gasteiger partial charge in [-0.15, -0.1) is 11.3 Å². The molecule has 98 valence electrons. The minimum atomic E-state index is -0.121. The number of pyridine rings is 1. The molecule has 4 nitrogen and oxygen atoms in total. The van der Waals surface area contributed by atoms with Crippen molar-refractivity contribution in [2.75, 3.05) is 5.73 Å². The molecule has 1 aromatic carbocycles. The predicted molar refractivity (Wildman–Crippen MR) is 79.6 cm³/mol. The predicted octanol–water partition coefficient (Wildman–Crippen LogP) is 3.02. The summed E-state index contributed by atoms with van der Waals surface area (Å²) >= 11 is 1.31. The lowest BCUT2D eigenvalue weighted by Crippen LogP contribution is -2.02. The maximum absolute atomic E-state index is 12.4. The quantitative estimate of drug-likeness (QED) is 0.749. The maximum Gasteiger partial charge on any atom is 0.206 e. The summed E-state index contributed by atoms with van der Waals surface area (Å²) in [5, 5.41) is 0.750. The number of anilines is 1. The minimum Gasteiger partial charge on any atom is -0.382 e. The fourth-order valence-corrected chi connectivity index (χ4v) is 2.79. The van der Waals surface area contributed by atoms with Gasteiger partial charge in [-0.3, -0.25) is 9.78 Å². The summed E-state index contributed by atoms with van der Waals surface area (Å²) in [4.78, 5) is 21.0. The van der Waals surface area contributed by atoms with Crippen molar-refractivity contribution < 1.29 is 4.79 Å². The van der Waals surface area contributed by atoms with E-state index in [2.05, 4.69) is 9.97 Å². The van der Waals surface area contributed by atoms with Gasteiger partial charge < -0.3 is 5.73 Å². The van der Waals surface area contributed by atoms with Gasteiger partial charge in [0.25, 0.3) is 0 Å². The summed E-state index contributed by atoms with van der Waals surface area (Å²) in [5.41, 5.74) is 7.40. The molecule has 3 rings (SSSR count). The number of ketones is 1. The van der Waals surface area contributed by atoms with Gasteiger partial charge in [-0.1, -0.05) is 30.3 Å². The Morgan fingerprint density at radius 2 is 1.75 bits per heavy atom. The van der Waals surface area contributed by atoms with Crippen molar-refractivity contribution in [2.24, 2.45) is 0 Å². The first-order chi connectivity index (χ1) is 9.75. The van der Waals surface area contributed by atoms with E-state index in [1.54, 1.807) is 24.5 Å². The van der Waals surface area contributed by atoms with Gasteiger partial charge in [0, 0.05) is 23.5 Å². The first-order valence-electron chi connectivity index (χ1n) is 6.02. The number of aromatic nitrogens is 2. The van der Waals surface area contributed by atoms with Crippen LogP contribution in [0, 0.1) is 0 Å². The molecule has 2 aromatic heterocycles. The van der Waals surface area contributed by atoms with E-state index in [0.29, 0.717) is 10.4 Å². The third-order valence-corrected chi connectivity index (χ3v) is 3.94. The van der Waals surface area contributed by atoms with E-state index in [4.69, 9.17) is 5.73 Å². The molecule has 2 heterocycles. The van der Waals surface area contributed by atoms with E-state index >= 15 is 0 Å². The van der Waals surface area contributed by atoms with Crippen LogP contribution in [0.25, 0.3) is 10.6 Å². The fraction of sp³-hybridized carbons (Fsp3) is 0. The zero-order chi connectivity index (χ0) is 13.9. The van der Waals surface area contributed by atoms with Gasteiger partial charge >= 0.3 is 0 Å². The van der Waals surface area contributed by atoms with Crippen LogP contribution in [0.15, 0.2) is 54.9 Å². The fourth-order valence-electron chi connectivity index (χ4n) is 1.83. The van der Waals surface area contributed by atoms with Crippen LogP contribution in [0.2, 0.25) is 0 Å². The summed E-state index contributed by atoms with van der Waals surface area (Å²) in [6, 6.07) is 13.0. The second kappa shape index (κ2) is 5.22. The van der Waals surface area contributed by atoms with E-state index in [9.17, 15) is 4.79 Å². The number of hydrogen-bond donors (Lipinski definition) is 1. The Balaban J connectivity index is 2.00. The average molecular weight is 281 g/mol. The van der Waals surface area contributed by atoms with Crippen LogP contribution >= 0.6 is 11.3 Å². The number of nitrogen functional groups attached to an aromatic ring is 1. The van der Waals surface area contributed by atoms with Crippen molar-refractivity contribution in [1.29, 1.82) is 0 Å². The number of nitrogens with two attached hydrogens (primary N) is 1. The number of hydrogen-bond acceptors (Lipinski definition) is 5. The van der Waals surface area contributed by atoms with E-state index in [1.807, 2.05) is 30.3 Å². The first-order valence-corrected chi connectivity index (χ1v) is 6.84. The summed E-state index contributed by atoms with van der Waals surface area (Å²) in [7, 11) is 0. The highest BCUT2D eigenvalue weighted by atomic mass is 32.1. The van der Waals surface area contributed by atoms with Gasteiger partial charge in [-0.2, -0.15) is 0 Å². The largest absolute Gasteiger partial charge is 0.382 e. The van der Waals surface area contributed by atoms with Gasteiger partial charge in [-0.25, -0.2) is 4.98 Å². The van der Waals surface area contributed by atoms with Crippen LogP contribution in [-0.4, -0.2) is 15.8 Å². The Morgan fingerprint density at radius 1 is 1.05 bits per heavy atom. The molecule has 2 N–H and O–H groups in total. The van der Waals surface area contributed by atoms with Crippen molar-refractivity contribution in [3.05, 3.63) is 65.3 Å². The average Bonchev–Trinajstić information content (AvgIpc) is 2.90. The van der Waals surface area contributed by atoms with E-state index < -0.39 is 0 Å². The van der Waals surface area contributed by atoms with Crippen molar-refractivity contribution in [1.82, 2.24) is 9.97 Å². The number of nitrogens with zero attached hydrogens (tertiary/aromatic N) is 2. The molecule has 0 aliphatic rings. The third kappa shape index (κ3) is 2.31. The molecule has 0 saturated heterocycles. The van der Waals surface area contributed by atoms with Crippen LogP contribution in [0.3, 0.4) is 0 Å². The monoisotopic (exact) mass is 281 g/mol. The number of thiazole rings is 1. The number of carbonyl (C=O) groups is 1. The second-order valence-electron chi connectivity index (χ2n) is 4.16. The molecule has 0 radical (unpaired) electrons. The second-order valence-corrected chi connectivity index (χ2v) is 5.16. The third-order valence-electron chi connectivity index (χ3n) is 2.82. The molecule has 0 amide bonds. The van der Waals surface area contributed by atoms with Crippen LogP contribution < -0.4 is 5.73 Å². The normalized spacial score (nSPS) is 10.4. The molecular weight excluding hydrogens is 270 g/mol. The van der Waals surface area contributed by atoms with Crippen molar-refractivity contribution in [3.63, 3.8) is 0 Å². The molecule has 0 saturated carbocycles. The Labute approximate surface area is 119 Å². The van der Waals surface area contributed by atoms with Gasteiger partial charge in [0.1, 0.15) is 15.7 Å². The molecule has 0 atom stereocenters. The van der Waals surface area contributed by atoms with E-state index in [-0.39, 0.29) is 11.6 Å². The highest BCUT2D eigenvalue weighted by molar-refractivity contribution is 7.17. The van der Waals surface area contributed by atoms with Crippen molar-refractivity contribution in [2.45, 2.75) is 0 Å². The van der Waals surface area contributed by atoms with Crippen molar-refractivity contribution >= 4 is 22.9 Å². The van der Waals surface area contributed by atoms with Crippen LogP contribution in [0.4, 0.5) is 5.82 Å². The van der Waals surface area contributed by atoms with Crippen molar-refractivity contribution in [3.8, 4) is 10.6 Å². The standard InChI is InChI=1S/C15H11N3OS/c16-14-13(12(19)10-6-8-17-9-7-10)20-15(18-14)11-4-2-1-3-5-11/h1-9H,16H2. The maximum atomic E-state index is 12.4. The van der Waals surface area contributed by atoms with Gasteiger partial charge in [0.15, 0.2) is 0 Å². The molecule has 0 spiro atoms. The van der Waals surface area contributed by atoms with E-state index in [0.717, 1.165) is 10.6 Å². The van der Waals surface area contributed by atoms with Gasteiger partial charge in [-0.05, 0) is 12.1 Å². The summed E-state index contributed by atoms with van der Waals surface area (Å²) in [6.07, 6.45) is 3.17. The number of rotatable bonds is 3. The topological polar surface area (TPSA) is 68.9 Å². The first kappa shape index (κ1) is 12.5. The summed E-state index contributed by atoms with van der Waals surface area (Å²) in [5.74, 6) is 0.153. The summed E-state index contributed by atoms with van der Waals surface area (Å²) in [6.45, 7) is 0. The highest BCUT2D eigenvalue weighted by Crippen LogP contribution is 2.30.